The van der Waals surface area contributed by atoms with E-state index in [-0.39, 0.29) is 11.5 Å². The van der Waals surface area contributed by atoms with E-state index in [1.54, 1.807) is 4.90 Å². The summed E-state index contributed by atoms with van der Waals surface area (Å²) in [4.78, 5) is 13.8. The van der Waals surface area contributed by atoms with Gasteiger partial charge in [-0.2, -0.15) is 13.2 Å². The highest BCUT2D eigenvalue weighted by atomic mass is 19.4. The minimum absolute atomic E-state index is 0.169. The molecule has 110 valence electrons. The summed E-state index contributed by atoms with van der Waals surface area (Å²) in [5, 5.41) is 9.11. The number of hydrogen-bond donors (Lipinski definition) is 1. The van der Waals surface area contributed by atoms with E-state index in [1.165, 1.54) is 12.1 Å². The molecular formula is C14H16F3NO2. The van der Waals surface area contributed by atoms with Crippen LogP contribution in [0, 0.1) is 0 Å². The molecule has 0 spiro atoms. The zero-order valence-corrected chi connectivity index (χ0v) is 10.9. The van der Waals surface area contributed by atoms with E-state index in [0.717, 1.165) is 31.4 Å². The lowest BCUT2D eigenvalue weighted by Crippen LogP contribution is -2.35. The second kappa shape index (κ2) is 5.83. The molecule has 0 aromatic heterocycles. The number of hydrogen-bond acceptors (Lipinski definition) is 2. The number of nitrogens with zero attached hydrogens (tertiary/aromatic N) is 1. The van der Waals surface area contributed by atoms with Gasteiger partial charge in [-0.3, -0.25) is 4.79 Å². The van der Waals surface area contributed by atoms with Crippen LogP contribution in [0.5, 0.6) is 0 Å². The summed E-state index contributed by atoms with van der Waals surface area (Å²) >= 11 is 0. The number of benzene rings is 1. The molecule has 0 saturated carbocycles. The van der Waals surface area contributed by atoms with Gasteiger partial charge in [0.05, 0.1) is 0 Å². The maximum absolute atomic E-state index is 12.4. The number of likely N-dealkylation sites (tertiary alicyclic amines) is 1. The Morgan fingerprint density at radius 1 is 1.10 bits per heavy atom. The Morgan fingerprint density at radius 2 is 1.65 bits per heavy atom. The van der Waals surface area contributed by atoms with Crippen LogP contribution in [-0.2, 0) is 0 Å². The first-order valence-corrected chi connectivity index (χ1v) is 6.53. The van der Waals surface area contributed by atoms with Gasteiger partial charge in [0.15, 0.2) is 6.10 Å². The van der Waals surface area contributed by atoms with Crippen LogP contribution < -0.4 is 0 Å². The highest BCUT2D eigenvalue weighted by Gasteiger charge is 2.39. The first-order valence-electron chi connectivity index (χ1n) is 6.53. The van der Waals surface area contributed by atoms with Crippen molar-refractivity contribution >= 4 is 5.91 Å². The molecule has 20 heavy (non-hydrogen) atoms. The van der Waals surface area contributed by atoms with Gasteiger partial charge in [0.2, 0.25) is 0 Å². The summed E-state index contributed by atoms with van der Waals surface area (Å²) in [6.07, 6.45) is -4.20. The van der Waals surface area contributed by atoms with E-state index in [2.05, 4.69) is 0 Å². The van der Waals surface area contributed by atoms with E-state index in [0.29, 0.717) is 18.7 Å². The smallest absolute Gasteiger partial charge is 0.379 e. The van der Waals surface area contributed by atoms with Crippen LogP contribution in [0.4, 0.5) is 13.2 Å². The summed E-state index contributed by atoms with van der Waals surface area (Å²) in [6.45, 7) is 1.37. The normalized spacial score (nSPS) is 17.9. The molecule has 1 aliphatic heterocycles. The SMILES string of the molecule is O=C(c1ccc(C(O)C(F)(F)F)cc1)N1CCCCC1. The van der Waals surface area contributed by atoms with Crippen LogP contribution in [0.1, 0.15) is 41.3 Å². The molecule has 1 unspecified atom stereocenters. The number of alkyl halides is 3. The summed E-state index contributed by atoms with van der Waals surface area (Å²) in [6, 6.07) is 4.97. The van der Waals surface area contributed by atoms with E-state index in [4.69, 9.17) is 5.11 Å². The molecule has 0 aliphatic carbocycles. The molecule has 1 aliphatic rings. The Kier molecular flexibility index (Phi) is 4.32. The second-order valence-electron chi connectivity index (χ2n) is 4.92. The number of carbonyl (C=O) groups excluding carboxylic acids is 1. The molecule has 1 amide bonds. The molecule has 1 heterocycles. The Hall–Kier alpha value is -1.56. The first-order chi connectivity index (χ1) is 9.39. The standard InChI is InChI=1S/C14H16F3NO2/c15-14(16,17)12(19)10-4-6-11(7-5-10)13(20)18-8-2-1-3-9-18/h4-7,12,19H,1-3,8-9H2. The Balaban J connectivity index is 2.09. The third-order valence-corrected chi connectivity index (χ3v) is 3.43. The summed E-state index contributed by atoms with van der Waals surface area (Å²) in [7, 11) is 0. The van der Waals surface area contributed by atoms with Gasteiger partial charge in [-0.1, -0.05) is 12.1 Å². The van der Waals surface area contributed by atoms with Crippen molar-refractivity contribution in [3.05, 3.63) is 35.4 Å². The Morgan fingerprint density at radius 3 is 2.15 bits per heavy atom. The molecule has 1 aromatic carbocycles. The maximum Gasteiger partial charge on any atom is 0.418 e. The van der Waals surface area contributed by atoms with Gasteiger partial charge in [0.1, 0.15) is 0 Å². The van der Waals surface area contributed by atoms with Crippen LogP contribution >= 0.6 is 0 Å². The summed E-state index contributed by atoms with van der Waals surface area (Å²) in [5.41, 5.74) is 0.0951. The molecular weight excluding hydrogens is 271 g/mol. The number of carbonyl (C=O) groups is 1. The fourth-order valence-corrected chi connectivity index (χ4v) is 2.28. The van der Waals surface area contributed by atoms with Gasteiger partial charge in [0.25, 0.3) is 5.91 Å². The molecule has 1 atom stereocenters. The monoisotopic (exact) mass is 287 g/mol. The van der Waals surface area contributed by atoms with E-state index < -0.39 is 12.3 Å². The molecule has 3 nitrogen and oxygen atoms in total. The van der Waals surface area contributed by atoms with Gasteiger partial charge in [0, 0.05) is 18.7 Å². The van der Waals surface area contributed by atoms with Gasteiger partial charge in [-0.25, -0.2) is 0 Å². The van der Waals surface area contributed by atoms with Crippen molar-refractivity contribution in [1.29, 1.82) is 0 Å². The fourth-order valence-electron chi connectivity index (χ4n) is 2.28. The quantitative estimate of drug-likeness (QED) is 0.908. The highest BCUT2D eigenvalue weighted by molar-refractivity contribution is 5.94. The van der Waals surface area contributed by atoms with E-state index in [9.17, 15) is 18.0 Å². The average molecular weight is 287 g/mol. The number of rotatable bonds is 2. The molecule has 0 radical (unpaired) electrons. The van der Waals surface area contributed by atoms with E-state index in [1.807, 2.05) is 0 Å². The third kappa shape index (κ3) is 3.30. The molecule has 6 heteroatoms. The van der Waals surface area contributed by atoms with Crippen molar-refractivity contribution in [3.8, 4) is 0 Å². The van der Waals surface area contributed by atoms with Crippen molar-refractivity contribution in [2.75, 3.05) is 13.1 Å². The van der Waals surface area contributed by atoms with Crippen LogP contribution in [0.2, 0.25) is 0 Å². The van der Waals surface area contributed by atoms with Gasteiger partial charge >= 0.3 is 6.18 Å². The van der Waals surface area contributed by atoms with Gasteiger partial charge < -0.3 is 10.0 Å². The highest BCUT2D eigenvalue weighted by Crippen LogP contribution is 2.32. The van der Waals surface area contributed by atoms with Crippen molar-refractivity contribution in [2.24, 2.45) is 0 Å². The minimum Gasteiger partial charge on any atom is -0.379 e. The number of aliphatic hydroxyl groups excluding tert-OH is 1. The zero-order chi connectivity index (χ0) is 14.8. The lowest BCUT2D eigenvalue weighted by Gasteiger charge is -2.26. The second-order valence-corrected chi connectivity index (χ2v) is 4.92. The maximum atomic E-state index is 12.4. The molecule has 1 saturated heterocycles. The van der Waals surface area contributed by atoms with Crippen LogP contribution in [-0.4, -0.2) is 35.2 Å². The van der Waals surface area contributed by atoms with E-state index >= 15 is 0 Å². The Bertz CT molecular complexity index is 464. The largest absolute Gasteiger partial charge is 0.418 e. The molecule has 1 fully saturated rings. The third-order valence-electron chi connectivity index (χ3n) is 3.43. The number of amides is 1. The summed E-state index contributed by atoms with van der Waals surface area (Å²) < 4.78 is 37.1. The van der Waals surface area contributed by atoms with Crippen LogP contribution in [0.15, 0.2) is 24.3 Å². The predicted octanol–water partition coefficient (Wildman–Crippen LogP) is 2.91. The fraction of sp³-hybridized carbons (Fsp3) is 0.500. The summed E-state index contributed by atoms with van der Waals surface area (Å²) in [5.74, 6) is -0.169. The zero-order valence-electron chi connectivity index (χ0n) is 10.9. The number of halogens is 3. The molecule has 2 rings (SSSR count). The van der Waals surface area contributed by atoms with Crippen molar-refractivity contribution < 1.29 is 23.1 Å². The molecule has 1 aromatic rings. The predicted molar refractivity (Wildman–Crippen MR) is 67.2 cm³/mol. The number of aliphatic hydroxyl groups is 1. The Labute approximate surface area is 115 Å². The van der Waals surface area contributed by atoms with Crippen LogP contribution in [0.3, 0.4) is 0 Å². The first kappa shape index (κ1) is 14.8. The topological polar surface area (TPSA) is 40.5 Å². The number of piperidine rings is 1. The van der Waals surface area contributed by atoms with Crippen molar-refractivity contribution in [3.63, 3.8) is 0 Å². The van der Waals surface area contributed by atoms with Crippen molar-refractivity contribution in [2.45, 2.75) is 31.5 Å². The molecule has 1 N–H and O–H groups in total. The lowest BCUT2D eigenvalue weighted by molar-refractivity contribution is -0.206. The van der Waals surface area contributed by atoms with Gasteiger partial charge in [-0.05, 0) is 37.0 Å². The lowest BCUT2D eigenvalue weighted by atomic mass is 10.0. The average Bonchev–Trinajstić information content (AvgIpc) is 2.46. The van der Waals surface area contributed by atoms with Crippen molar-refractivity contribution in [1.82, 2.24) is 4.90 Å². The van der Waals surface area contributed by atoms with Gasteiger partial charge in [-0.15, -0.1) is 0 Å². The minimum atomic E-state index is -4.70. The van der Waals surface area contributed by atoms with Crippen LogP contribution in [0.25, 0.3) is 0 Å². The molecule has 0 bridgehead atoms.